The second-order valence-corrected chi connectivity index (χ2v) is 3.31. The normalized spacial score (nSPS) is 9.38. The number of aryl methyl sites for hydroxylation is 2. The Kier molecular flexibility index (Phi) is 3.84. The summed E-state index contributed by atoms with van der Waals surface area (Å²) in [5, 5.41) is 11.8. The van der Waals surface area contributed by atoms with Crippen LogP contribution in [0.1, 0.15) is 17.0 Å². The van der Waals surface area contributed by atoms with Gasteiger partial charge >= 0.3 is 5.97 Å². The summed E-state index contributed by atoms with van der Waals surface area (Å²) in [4.78, 5) is 15.1. The Morgan fingerprint density at radius 2 is 2.31 bits per heavy atom. The van der Waals surface area contributed by atoms with E-state index < -0.39 is 0 Å². The highest BCUT2D eigenvalue weighted by Gasteiger charge is 2.09. The Morgan fingerprint density at radius 1 is 1.62 bits per heavy atom. The van der Waals surface area contributed by atoms with Gasteiger partial charge in [-0.25, -0.2) is 0 Å². The number of nitrogens with zero attached hydrogens (tertiary/aromatic N) is 2. The number of pyridine rings is 1. The predicted molar refractivity (Wildman–Crippen MR) is 58.9 cm³/mol. The number of nitriles is 1. The quantitative estimate of drug-likeness (QED) is 0.772. The molecule has 0 aromatic carbocycles. The third-order valence-corrected chi connectivity index (χ3v) is 2.09. The molecule has 5 heteroatoms. The van der Waals surface area contributed by atoms with E-state index in [0.29, 0.717) is 16.9 Å². The number of carbonyl (C=O) groups excluding carboxylic acids is 1. The first-order valence-corrected chi connectivity index (χ1v) is 4.77. The molecule has 0 aliphatic heterocycles. The van der Waals surface area contributed by atoms with Crippen molar-refractivity contribution in [3.8, 4) is 6.07 Å². The molecule has 0 radical (unpaired) electrons. The number of anilines is 1. The minimum atomic E-state index is -0.379. The van der Waals surface area contributed by atoms with E-state index in [1.165, 1.54) is 7.11 Å². The van der Waals surface area contributed by atoms with Crippen LogP contribution < -0.4 is 5.32 Å². The molecule has 1 heterocycles. The standard InChI is InChI=1S/C11H13N3O2/c1-7-4-10(13-6-11(15)16-3)9(5-12)8(2)14-7/h4H,6H2,1-3H3,(H,13,14). The van der Waals surface area contributed by atoms with Gasteiger partial charge < -0.3 is 10.1 Å². The van der Waals surface area contributed by atoms with Crippen LogP contribution in [0.5, 0.6) is 0 Å². The largest absolute Gasteiger partial charge is 0.468 e. The van der Waals surface area contributed by atoms with E-state index in [1.54, 1.807) is 13.0 Å². The minimum absolute atomic E-state index is 0.0358. The lowest BCUT2D eigenvalue weighted by Crippen LogP contribution is -2.16. The van der Waals surface area contributed by atoms with E-state index in [0.717, 1.165) is 5.69 Å². The van der Waals surface area contributed by atoms with Gasteiger partial charge in [0.25, 0.3) is 0 Å². The van der Waals surface area contributed by atoms with Crippen molar-refractivity contribution >= 4 is 11.7 Å². The van der Waals surface area contributed by atoms with E-state index in [4.69, 9.17) is 5.26 Å². The first kappa shape index (κ1) is 12.0. The van der Waals surface area contributed by atoms with Crippen molar-refractivity contribution in [2.24, 2.45) is 0 Å². The van der Waals surface area contributed by atoms with Crippen LogP contribution in [0.25, 0.3) is 0 Å². The van der Waals surface area contributed by atoms with Crippen LogP contribution in [0.4, 0.5) is 5.69 Å². The van der Waals surface area contributed by atoms with Crippen molar-refractivity contribution in [2.75, 3.05) is 19.0 Å². The van der Waals surface area contributed by atoms with Crippen molar-refractivity contribution in [2.45, 2.75) is 13.8 Å². The summed E-state index contributed by atoms with van der Waals surface area (Å²) in [6.07, 6.45) is 0. The fraction of sp³-hybridized carbons (Fsp3) is 0.364. The Balaban J connectivity index is 2.95. The molecule has 0 spiro atoms. The van der Waals surface area contributed by atoms with Gasteiger partial charge in [-0.2, -0.15) is 5.26 Å². The maximum Gasteiger partial charge on any atom is 0.325 e. The van der Waals surface area contributed by atoms with Gasteiger partial charge in [-0.05, 0) is 19.9 Å². The van der Waals surface area contributed by atoms with Gasteiger partial charge in [0.1, 0.15) is 12.6 Å². The van der Waals surface area contributed by atoms with Crippen molar-refractivity contribution in [1.82, 2.24) is 4.98 Å². The SMILES string of the molecule is COC(=O)CNc1cc(C)nc(C)c1C#N. The number of nitrogens with one attached hydrogen (secondary N) is 1. The molecular weight excluding hydrogens is 206 g/mol. The van der Waals surface area contributed by atoms with Gasteiger partial charge in [0.2, 0.25) is 0 Å². The number of ether oxygens (including phenoxy) is 1. The van der Waals surface area contributed by atoms with Crippen LogP contribution in [0.2, 0.25) is 0 Å². The highest BCUT2D eigenvalue weighted by atomic mass is 16.5. The topological polar surface area (TPSA) is 75.0 Å². The molecular formula is C11H13N3O2. The molecule has 0 amide bonds. The van der Waals surface area contributed by atoms with Crippen LogP contribution in [-0.2, 0) is 9.53 Å². The highest BCUT2D eigenvalue weighted by Crippen LogP contribution is 2.18. The molecule has 16 heavy (non-hydrogen) atoms. The lowest BCUT2D eigenvalue weighted by Gasteiger charge is -2.09. The first-order chi connectivity index (χ1) is 7.58. The van der Waals surface area contributed by atoms with Crippen LogP contribution in [-0.4, -0.2) is 24.6 Å². The van der Waals surface area contributed by atoms with Crippen LogP contribution in [0.15, 0.2) is 6.07 Å². The van der Waals surface area contributed by atoms with E-state index in [2.05, 4.69) is 21.1 Å². The molecule has 0 saturated carbocycles. The molecule has 5 nitrogen and oxygen atoms in total. The van der Waals surface area contributed by atoms with E-state index >= 15 is 0 Å². The number of carbonyl (C=O) groups is 1. The van der Waals surface area contributed by atoms with E-state index in [1.807, 2.05) is 6.92 Å². The van der Waals surface area contributed by atoms with E-state index in [9.17, 15) is 4.79 Å². The molecule has 0 saturated heterocycles. The maximum absolute atomic E-state index is 11.0. The summed E-state index contributed by atoms with van der Waals surface area (Å²) < 4.78 is 4.51. The number of hydrogen-bond acceptors (Lipinski definition) is 5. The van der Waals surface area contributed by atoms with Gasteiger partial charge in [-0.3, -0.25) is 9.78 Å². The zero-order valence-corrected chi connectivity index (χ0v) is 9.50. The Bertz CT molecular complexity index is 449. The Hall–Kier alpha value is -2.09. The molecule has 1 aromatic heterocycles. The minimum Gasteiger partial charge on any atom is -0.468 e. The van der Waals surface area contributed by atoms with Gasteiger partial charge in [0.05, 0.1) is 24.1 Å². The summed E-state index contributed by atoms with van der Waals surface area (Å²) in [5.41, 5.74) is 2.51. The molecule has 1 rings (SSSR count). The lowest BCUT2D eigenvalue weighted by molar-refractivity contribution is -0.138. The maximum atomic E-state index is 11.0. The molecule has 0 atom stereocenters. The number of aromatic nitrogens is 1. The third-order valence-electron chi connectivity index (χ3n) is 2.09. The summed E-state index contributed by atoms with van der Waals surface area (Å²) in [7, 11) is 1.32. The fourth-order valence-corrected chi connectivity index (χ4v) is 1.35. The molecule has 1 aromatic rings. The highest BCUT2D eigenvalue weighted by molar-refractivity contribution is 5.76. The van der Waals surface area contributed by atoms with Gasteiger partial charge in [0.15, 0.2) is 0 Å². The van der Waals surface area contributed by atoms with Gasteiger partial charge in [-0.15, -0.1) is 0 Å². The predicted octanol–water partition coefficient (Wildman–Crippen LogP) is 1.16. The summed E-state index contributed by atoms with van der Waals surface area (Å²) in [5.74, 6) is -0.379. The Labute approximate surface area is 94.1 Å². The summed E-state index contributed by atoms with van der Waals surface area (Å²) in [6, 6.07) is 3.79. The monoisotopic (exact) mass is 219 g/mol. The lowest BCUT2D eigenvalue weighted by atomic mass is 10.1. The Morgan fingerprint density at radius 3 is 2.88 bits per heavy atom. The molecule has 84 valence electrons. The first-order valence-electron chi connectivity index (χ1n) is 4.77. The molecule has 0 fully saturated rings. The molecule has 1 N–H and O–H groups in total. The number of esters is 1. The second-order valence-electron chi connectivity index (χ2n) is 3.31. The average molecular weight is 219 g/mol. The number of methoxy groups -OCH3 is 1. The smallest absolute Gasteiger partial charge is 0.325 e. The fourth-order valence-electron chi connectivity index (χ4n) is 1.35. The number of hydrogen-bond donors (Lipinski definition) is 1. The zero-order chi connectivity index (χ0) is 12.1. The van der Waals surface area contributed by atoms with Crippen LogP contribution >= 0.6 is 0 Å². The average Bonchev–Trinajstić information content (AvgIpc) is 2.25. The molecule has 0 bridgehead atoms. The second kappa shape index (κ2) is 5.12. The van der Waals surface area contributed by atoms with Crippen LogP contribution in [0, 0.1) is 25.2 Å². The zero-order valence-electron chi connectivity index (χ0n) is 9.50. The molecule has 0 aliphatic carbocycles. The van der Waals surface area contributed by atoms with Crippen molar-refractivity contribution < 1.29 is 9.53 Å². The van der Waals surface area contributed by atoms with Crippen molar-refractivity contribution in [3.05, 3.63) is 23.0 Å². The van der Waals surface area contributed by atoms with Gasteiger partial charge in [0, 0.05) is 5.69 Å². The third kappa shape index (κ3) is 2.70. The van der Waals surface area contributed by atoms with Crippen molar-refractivity contribution in [1.29, 1.82) is 5.26 Å². The van der Waals surface area contributed by atoms with Gasteiger partial charge in [-0.1, -0.05) is 0 Å². The van der Waals surface area contributed by atoms with Crippen molar-refractivity contribution in [3.63, 3.8) is 0 Å². The van der Waals surface area contributed by atoms with Crippen LogP contribution in [0.3, 0.4) is 0 Å². The molecule has 0 unspecified atom stereocenters. The summed E-state index contributed by atoms with van der Waals surface area (Å²) >= 11 is 0. The summed E-state index contributed by atoms with van der Waals surface area (Å²) in [6.45, 7) is 3.63. The number of rotatable bonds is 3. The molecule has 0 aliphatic rings. The van der Waals surface area contributed by atoms with E-state index in [-0.39, 0.29) is 12.5 Å².